The normalized spacial score (nSPS) is 14.6. The molecule has 0 bridgehead atoms. The van der Waals surface area contributed by atoms with Crippen LogP contribution >= 0.6 is 17.8 Å². The second-order valence-corrected chi connectivity index (χ2v) is 10.4. The topological polar surface area (TPSA) is 60.5 Å². The minimum absolute atomic E-state index is 0.173. The van der Waals surface area contributed by atoms with E-state index in [0.29, 0.717) is 5.75 Å². The fraction of sp³-hybridized carbons (Fsp3) is 0.278. The predicted molar refractivity (Wildman–Crippen MR) is 105 cm³/mol. The van der Waals surface area contributed by atoms with Gasteiger partial charge in [-0.1, -0.05) is 24.3 Å². The standard InChI is InChI=1S/C18H23N2O3PS/c1-14(2)22-18(21)15(3)20-24(4,23-16-10-6-5-7-11-16)25-17-12-8-9-13-19-17/h5-15,20H,4H2,1-3H3/t15-,24?/m0/s1. The molecule has 0 spiro atoms. The van der Waals surface area contributed by atoms with Gasteiger partial charge in [0.1, 0.15) is 16.8 Å². The Morgan fingerprint density at radius 1 is 1.16 bits per heavy atom. The Labute approximate surface area is 153 Å². The molecule has 0 aliphatic rings. The zero-order chi connectivity index (χ0) is 18.3. The summed E-state index contributed by atoms with van der Waals surface area (Å²) in [7, 11) is 0. The Bertz CT molecular complexity index is 680. The molecule has 1 N–H and O–H groups in total. The second-order valence-electron chi connectivity index (χ2n) is 5.67. The number of nitrogens with zero attached hydrogens (tertiary/aromatic N) is 1. The van der Waals surface area contributed by atoms with E-state index in [9.17, 15) is 4.79 Å². The number of carbonyl (C=O) groups is 1. The highest BCUT2D eigenvalue weighted by Gasteiger charge is 2.26. The number of benzene rings is 1. The zero-order valence-corrected chi connectivity index (χ0v) is 16.3. The molecule has 0 saturated carbocycles. The predicted octanol–water partition coefficient (Wildman–Crippen LogP) is 4.38. The second kappa shape index (κ2) is 9.09. The molecule has 2 aromatic rings. The van der Waals surface area contributed by atoms with Gasteiger partial charge >= 0.3 is 5.97 Å². The Hall–Kier alpha value is -1.75. The molecular weight excluding hydrogens is 355 g/mol. The van der Waals surface area contributed by atoms with Crippen molar-refractivity contribution in [2.24, 2.45) is 0 Å². The van der Waals surface area contributed by atoms with Crippen LogP contribution in [0.5, 0.6) is 5.75 Å². The highest BCUT2D eigenvalue weighted by Crippen LogP contribution is 2.58. The highest BCUT2D eigenvalue weighted by atomic mass is 32.7. The van der Waals surface area contributed by atoms with Crippen LogP contribution in [0, 0.1) is 0 Å². The zero-order valence-electron chi connectivity index (χ0n) is 14.6. The molecule has 1 aromatic heterocycles. The van der Waals surface area contributed by atoms with Gasteiger partial charge in [0.05, 0.1) is 6.10 Å². The number of carbonyl (C=O) groups excluding carboxylic acids is 1. The molecule has 0 aliphatic carbocycles. The summed E-state index contributed by atoms with van der Waals surface area (Å²) in [6.07, 6.45) is 5.80. The van der Waals surface area contributed by atoms with Gasteiger partial charge in [0.25, 0.3) is 0 Å². The lowest BCUT2D eigenvalue weighted by Crippen LogP contribution is -2.35. The fourth-order valence-corrected chi connectivity index (χ4v) is 6.04. The third-order valence-electron chi connectivity index (χ3n) is 2.97. The monoisotopic (exact) mass is 378 g/mol. The number of esters is 1. The van der Waals surface area contributed by atoms with E-state index in [4.69, 9.17) is 9.26 Å². The Kier molecular flexibility index (Phi) is 7.12. The number of rotatable bonds is 8. The molecule has 25 heavy (non-hydrogen) atoms. The molecule has 134 valence electrons. The van der Waals surface area contributed by atoms with Gasteiger partial charge in [-0.3, -0.25) is 4.79 Å². The van der Waals surface area contributed by atoms with E-state index in [-0.39, 0.29) is 12.1 Å². The molecule has 0 saturated heterocycles. The van der Waals surface area contributed by atoms with E-state index in [0.717, 1.165) is 5.03 Å². The quantitative estimate of drug-likeness (QED) is 0.543. The van der Waals surface area contributed by atoms with Gasteiger partial charge in [-0.15, -0.1) is 0 Å². The summed E-state index contributed by atoms with van der Waals surface area (Å²) in [6.45, 7) is 2.87. The minimum atomic E-state index is -2.51. The Morgan fingerprint density at radius 3 is 2.44 bits per heavy atom. The Morgan fingerprint density at radius 2 is 1.84 bits per heavy atom. The number of hydrogen-bond donors (Lipinski definition) is 1. The minimum Gasteiger partial charge on any atom is -0.462 e. The van der Waals surface area contributed by atoms with E-state index >= 15 is 0 Å². The summed E-state index contributed by atoms with van der Waals surface area (Å²) in [4.78, 5) is 16.5. The summed E-state index contributed by atoms with van der Waals surface area (Å²) < 4.78 is 11.4. The number of hydrogen-bond acceptors (Lipinski definition) is 6. The number of pyridine rings is 1. The van der Waals surface area contributed by atoms with Gasteiger partial charge < -0.3 is 9.26 Å². The summed E-state index contributed by atoms with van der Waals surface area (Å²) in [5.41, 5.74) is 0. The van der Waals surface area contributed by atoms with Crippen molar-refractivity contribution in [3.8, 4) is 5.75 Å². The lowest BCUT2D eigenvalue weighted by atomic mass is 10.3. The number of aromatic nitrogens is 1. The third-order valence-corrected chi connectivity index (χ3v) is 6.97. The first-order valence-corrected chi connectivity index (χ1v) is 11.3. The maximum absolute atomic E-state index is 12.2. The first-order valence-electron chi connectivity index (χ1n) is 7.95. The Balaban J connectivity index is 2.19. The van der Waals surface area contributed by atoms with Crippen molar-refractivity contribution in [1.29, 1.82) is 0 Å². The van der Waals surface area contributed by atoms with Crippen LogP contribution in [0.3, 0.4) is 0 Å². The number of para-hydroxylation sites is 1. The van der Waals surface area contributed by atoms with Crippen molar-refractivity contribution >= 4 is 30.1 Å². The SMILES string of the molecule is C=P(N[C@@H](C)C(=O)OC(C)C)(Oc1ccccc1)Sc1ccccn1. The third kappa shape index (κ3) is 6.58. The van der Waals surface area contributed by atoms with Crippen LogP contribution in [0.25, 0.3) is 0 Å². The van der Waals surface area contributed by atoms with Crippen LogP contribution in [-0.2, 0) is 9.53 Å². The first kappa shape index (κ1) is 19.6. The van der Waals surface area contributed by atoms with Gasteiger partial charge in [0.15, 0.2) is 6.47 Å². The van der Waals surface area contributed by atoms with E-state index in [1.807, 2.05) is 62.4 Å². The molecule has 7 heteroatoms. The summed E-state index contributed by atoms with van der Waals surface area (Å²) in [6, 6.07) is 14.5. The van der Waals surface area contributed by atoms with Gasteiger partial charge in [-0.25, -0.2) is 10.1 Å². The maximum atomic E-state index is 12.2. The van der Waals surface area contributed by atoms with Crippen LogP contribution in [0.1, 0.15) is 20.8 Å². The molecule has 1 heterocycles. The van der Waals surface area contributed by atoms with E-state index in [2.05, 4.69) is 16.4 Å². The molecule has 0 aliphatic heterocycles. The van der Waals surface area contributed by atoms with Crippen LogP contribution in [0.4, 0.5) is 0 Å². The molecule has 0 fully saturated rings. The number of nitrogens with one attached hydrogen (secondary N) is 1. The van der Waals surface area contributed by atoms with Crippen molar-refractivity contribution in [1.82, 2.24) is 10.1 Å². The highest BCUT2D eigenvalue weighted by molar-refractivity contribution is 8.59. The molecule has 5 nitrogen and oxygen atoms in total. The molecule has 1 unspecified atom stereocenters. The van der Waals surface area contributed by atoms with Crippen molar-refractivity contribution < 1.29 is 14.1 Å². The maximum Gasteiger partial charge on any atom is 0.323 e. The molecule has 2 atom stereocenters. The van der Waals surface area contributed by atoms with E-state index in [1.54, 1.807) is 13.1 Å². The van der Waals surface area contributed by atoms with Crippen LogP contribution in [-0.4, -0.2) is 29.4 Å². The van der Waals surface area contributed by atoms with Crippen molar-refractivity contribution in [3.63, 3.8) is 0 Å². The molecule has 0 radical (unpaired) electrons. The molecular formula is C18H23N2O3PS. The first-order chi connectivity index (χ1) is 11.9. The molecule has 1 aromatic carbocycles. The van der Waals surface area contributed by atoms with E-state index in [1.165, 1.54) is 11.4 Å². The van der Waals surface area contributed by atoms with Crippen molar-refractivity contribution in [3.05, 3.63) is 54.7 Å². The van der Waals surface area contributed by atoms with Gasteiger partial charge in [-0.2, -0.15) is 0 Å². The van der Waals surface area contributed by atoms with Crippen LogP contribution in [0.2, 0.25) is 0 Å². The summed E-state index contributed by atoms with van der Waals surface area (Å²) in [5.74, 6) is 0.354. The van der Waals surface area contributed by atoms with Crippen LogP contribution in [0.15, 0.2) is 59.8 Å². The van der Waals surface area contributed by atoms with Gasteiger partial charge in [-0.05, 0) is 62.7 Å². The smallest absolute Gasteiger partial charge is 0.323 e. The fourth-order valence-electron chi connectivity index (χ4n) is 1.96. The average molecular weight is 378 g/mol. The van der Waals surface area contributed by atoms with Crippen molar-refractivity contribution in [2.45, 2.75) is 37.9 Å². The average Bonchev–Trinajstić information content (AvgIpc) is 2.55. The van der Waals surface area contributed by atoms with E-state index < -0.39 is 12.5 Å². The lowest BCUT2D eigenvalue weighted by molar-refractivity contribution is -0.148. The lowest BCUT2D eigenvalue weighted by Gasteiger charge is -2.28. The van der Waals surface area contributed by atoms with Crippen molar-refractivity contribution in [2.75, 3.05) is 0 Å². The number of ether oxygens (including phenoxy) is 1. The molecule has 2 rings (SSSR count). The van der Waals surface area contributed by atoms with Gasteiger partial charge in [0, 0.05) is 6.20 Å². The van der Waals surface area contributed by atoms with Gasteiger partial charge in [0.2, 0.25) is 0 Å². The molecule has 0 amide bonds. The summed E-state index contributed by atoms with van der Waals surface area (Å²) >= 11 is 1.40. The summed E-state index contributed by atoms with van der Waals surface area (Å²) in [5, 5.41) is 4.00. The largest absolute Gasteiger partial charge is 0.462 e. The van der Waals surface area contributed by atoms with Crippen LogP contribution < -0.4 is 9.61 Å².